The second-order valence-electron chi connectivity index (χ2n) is 6.05. The zero-order chi connectivity index (χ0) is 15.8. The molecule has 2 N–H and O–H groups in total. The van der Waals surface area contributed by atoms with Gasteiger partial charge in [0.1, 0.15) is 5.82 Å². The average Bonchev–Trinajstić information content (AvgIpc) is 2.52. The number of nitrogens with one attached hydrogen (secondary N) is 2. The number of piperidine rings is 1. The zero-order valence-electron chi connectivity index (χ0n) is 13.8. The Labute approximate surface area is 139 Å². The maximum atomic E-state index is 5.32. The van der Waals surface area contributed by atoms with Crippen LogP contribution in [0.1, 0.15) is 44.6 Å². The second-order valence-corrected chi connectivity index (χ2v) is 6.45. The molecule has 1 fully saturated rings. The molecule has 2 rings (SSSR count). The fourth-order valence-corrected chi connectivity index (χ4v) is 3.27. The van der Waals surface area contributed by atoms with Gasteiger partial charge in [-0.2, -0.15) is 0 Å². The van der Waals surface area contributed by atoms with Crippen LogP contribution in [0.15, 0.2) is 18.3 Å². The summed E-state index contributed by atoms with van der Waals surface area (Å²) >= 11 is 5.32. The van der Waals surface area contributed by atoms with Crippen LogP contribution in [0.3, 0.4) is 0 Å². The molecular formula is C17H28N4S. The van der Waals surface area contributed by atoms with Gasteiger partial charge in [-0.3, -0.25) is 0 Å². The maximum Gasteiger partial charge on any atom is 0.171 e. The van der Waals surface area contributed by atoms with E-state index in [0.29, 0.717) is 5.11 Å². The van der Waals surface area contributed by atoms with Gasteiger partial charge in [0.15, 0.2) is 5.11 Å². The summed E-state index contributed by atoms with van der Waals surface area (Å²) in [5.74, 6) is 0.805. The maximum absolute atomic E-state index is 5.32. The summed E-state index contributed by atoms with van der Waals surface area (Å²) in [4.78, 5) is 6.90. The smallest absolute Gasteiger partial charge is 0.171 e. The lowest BCUT2D eigenvalue weighted by molar-refractivity contribution is 0.143. The van der Waals surface area contributed by atoms with Crippen molar-refractivity contribution in [1.29, 1.82) is 0 Å². The SMILES string of the molecule is CC[C@@H]1CCCCN1CCCNC(=S)Nc1cc(C)ccn1. The van der Waals surface area contributed by atoms with Gasteiger partial charge in [0.2, 0.25) is 0 Å². The van der Waals surface area contributed by atoms with E-state index in [2.05, 4.69) is 27.4 Å². The van der Waals surface area contributed by atoms with Gasteiger partial charge in [-0.05, 0) is 69.1 Å². The molecule has 0 spiro atoms. The van der Waals surface area contributed by atoms with Crippen molar-refractivity contribution < 1.29 is 0 Å². The molecule has 1 aliphatic heterocycles. The lowest BCUT2D eigenvalue weighted by Gasteiger charge is -2.35. The second kappa shape index (κ2) is 9.06. The molecule has 4 nitrogen and oxygen atoms in total. The molecule has 0 bridgehead atoms. The highest BCUT2D eigenvalue weighted by atomic mass is 32.1. The monoisotopic (exact) mass is 320 g/mol. The minimum Gasteiger partial charge on any atom is -0.362 e. The number of aromatic nitrogens is 1. The van der Waals surface area contributed by atoms with Crippen LogP contribution in [-0.4, -0.2) is 40.7 Å². The van der Waals surface area contributed by atoms with Crippen molar-refractivity contribution in [3.8, 4) is 0 Å². The Morgan fingerprint density at radius 1 is 1.45 bits per heavy atom. The first-order valence-corrected chi connectivity index (χ1v) is 8.81. The molecule has 0 amide bonds. The van der Waals surface area contributed by atoms with E-state index in [0.717, 1.165) is 31.4 Å². The summed E-state index contributed by atoms with van der Waals surface area (Å²) in [6, 6.07) is 4.76. The van der Waals surface area contributed by atoms with Crippen LogP contribution in [0.2, 0.25) is 0 Å². The van der Waals surface area contributed by atoms with Crippen molar-refractivity contribution >= 4 is 23.1 Å². The minimum atomic E-state index is 0.656. The van der Waals surface area contributed by atoms with Crippen LogP contribution >= 0.6 is 12.2 Å². The molecule has 1 aromatic rings. The first-order valence-electron chi connectivity index (χ1n) is 8.40. The Hall–Kier alpha value is -1.20. The summed E-state index contributed by atoms with van der Waals surface area (Å²) in [6.45, 7) is 7.68. The Balaban J connectivity index is 1.64. The van der Waals surface area contributed by atoms with E-state index in [-0.39, 0.29) is 0 Å². The lowest BCUT2D eigenvalue weighted by Crippen LogP contribution is -2.41. The number of likely N-dealkylation sites (tertiary alicyclic amines) is 1. The van der Waals surface area contributed by atoms with Crippen molar-refractivity contribution in [3.63, 3.8) is 0 Å². The molecule has 1 aromatic heterocycles. The van der Waals surface area contributed by atoms with Crippen LogP contribution in [0, 0.1) is 6.92 Å². The van der Waals surface area contributed by atoms with E-state index in [1.807, 2.05) is 19.1 Å². The first kappa shape index (κ1) is 17.2. The van der Waals surface area contributed by atoms with E-state index in [9.17, 15) is 0 Å². The molecule has 0 aromatic carbocycles. The Morgan fingerprint density at radius 2 is 2.32 bits per heavy atom. The van der Waals surface area contributed by atoms with Crippen molar-refractivity contribution in [2.24, 2.45) is 0 Å². The highest BCUT2D eigenvalue weighted by Gasteiger charge is 2.19. The van der Waals surface area contributed by atoms with Crippen molar-refractivity contribution in [2.45, 2.75) is 52.0 Å². The van der Waals surface area contributed by atoms with E-state index in [1.54, 1.807) is 6.20 Å². The quantitative estimate of drug-likeness (QED) is 0.621. The Bertz CT molecular complexity index is 477. The minimum absolute atomic E-state index is 0.656. The molecule has 1 aliphatic rings. The topological polar surface area (TPSA) is 40.2 Å². The summed E-state index contributed by atoms with van der Waals surface area (Å²) in [5, 5.41) is 7.07. The van der Waals surface area contributed by atoms with Gasteiger partial charge in [0.25, 0.3) is 0 Å². The number of pyridine rings is 1. The third-order valence-electron chi connectivity index (χ3n) is 4.29. The summed E-state index contributed by atoms with van der Waals surface area (Å²) in [5.41, 5.74) is 1.18. The average molecular weight is 321 g/mol. The molecule has 22 heavy (non-hydrogen) atoms. The normalized spacial score (nSPS) is 18.9. The van der Waals surface area contributed by atoms with E-state index in [1.165, 1.54) is 37.8 Å². The molecule has 1 saturated heterocycles. The highest BCUT2D eigenvalue weighted by molar-refractivity contribution is 7.80. The van der Waals surface area contributed by atoms with Crippen molar-refractivity contribution in [3.05, 3.63) is 23.9 Å². The molecule has 0 saturated carbocycles. The predicted octanol–water partition coefficient (Wildman–Crippen LogP) is 3.33. The number of anilines is 1. The zero-order valence-corrected chi connectivity index (χ0v) is 14.6. The third kappa shape index (κ3) is 5.54. The number of hydrogen-bond donors (Lipinski definition) is 2. The summed E-state index contributed by atoms with van der Waals surface area (Å²) in [7, 11) is 0. The van der Waals surface area contributed by atoms with E-state index in [4.69, 9.17) is 12.2 Å². The Morgan fingerprint density at radius 3 is 3.09 bits per heavy atom. The van der Waals surface area contributed by atoms with Crippen LogP contribution in [0.25, 0.3) is 0 Å². The molecular weight excluding hydrogens is 292 g/mol. The van der Waals surface area contributed by atoms with Crippen molar-refractivity contribution in [2.75, 3.05) is 25.0 Å². The number of aryl methyl sites for hydroxylation is 1. The van der Waals surface area contributed by atoms with Gasteiger partial charge in [0, 0.05) is 25.3 Å². The molecule has 122 valence electrons. The first-order chi connectivity index (χ1) is 10.7. The molecule has 0 unspecified atom stereocenters. The van der Waals surface area contributed by atoms with Gasteiger partial charge >= 0.3 is 0 Å². The third-order valence-corrected chi connectivity index (χ3v) is 4.53. The number of nitrogens with zero attached hydrogens (tertiary/aromatic N) is 2. The number of thiocarbonyl (C=S) groups is 1. The van der Waals surface area contributed by atoms with Crippen LogP contribution < -0.4 is 10.6 Å². The van der Waals surface area contributed by atoms with Gasteiger partial charge < -0.3 is 15.5 Å². The molecule has 0 aliphatic carbocycles. The number of hydrogen-bond acceptors (Lipinski definition) is 3. The van der Waals surface area contributed by atoms with Gasteiger partial charge in [-0.15, -0.1) is 0 Å². The van der Waals surface area contributed by atoms with Gasteiger partial charge in [-0.25, -0.2) is 4.98 Å². The van der Waals surface area contributed by atoms with Crippen LogP contribution in [-0.2, 0) is 0 Å². The highest BCUT2D eigenvalue weighted by Crippen LogP contribution is 2.19. The fourth-order valence-electron chi connectivity index (χ4n) is 3.07. The molecule has 0 radical (unpaired) electrons. The molecule has 1 atom stereocenters. The standard InChI is InChI=1S/C17H28N4S/c1-3-15-7-4-5-11-21(15)12-6-9-19-17(22)20-16-13-14(2)8-10-18-16/h8,10,13,15H,3-7,9,11-12H2,1-2H3,(H2,18,19,20,22)/t15-/m1/s1. The van der Waals surface area contributed by atoms with E-state index < -0.39 is 0 Å². The molecule has 2 heterocycles. The fraction of sp³-hybridized carbons (Fsp3) is 0.647. The summed E-state index contributed by atoms with van der Waals surface area (Å²) < 4.78 is 0. The van der Waals surface area contributed by atoms with E-state index >= 15 is 0 Å². The number of rotatable bonds is 6. The van der Waals surface area contributed by atoms with Gasteiger partial charge in [0.05, 0.1) is 0 Å². The summed E-state index contributed by atoms with van der Waals surface area (Å²) in [6.07, 6.45) is 8.30. The van der Waals surface area contributed by atoms with Crippen LogP contribution in [0.5, 0.6) is 0 Å². The van der Waals surface area contributed by atoms with Gasteiger partial charge in [-0.1, -0.05) is 13.3 Å². The van der Waals surface area contributed by atoms with Crippen LogP contribution in [0.4, 0.5) is 5.82 Å². The largest absolute Gasteiger partial charge is 0.362 e. The Kier molecular flexibility index (Phi) is 7.06. The lowest BCUT2D eigenvalue weighted by atomic mass is 10.00. The van der Waals surface area contributed by atoms with Crippen molar-refractivity contribution in [1.82, 2.24) is 15.2 Å². The molecule has 5 heteroatoms. The predicted molar refractivity (Wildman–Crippen MR) is 97.3 cm³/mol.